The van der Waals surface area contributed by atoms with Gasteiger partial charge in [0.25, 0.3) is 5.91 Å². The van der Waals surface area contributed by atoms with Crippen molar-refractivity contribution >= 4 is 40.1 Å². The van der Waals surface area contributed by atoms with Gasteiger partial charge in [0.1, 0.15) is 5.82 Å². The summed E-state index contributed by atoms with van der Waals surface area (Å²) in [6, 6.07) is 12.8. The lowest BCUT2D eigenvalue weighted by atomic mass is 10.2. The Kier molecular flexibility index (Phi) is 6.64. The average molecular weight is 411 g/mol. The number of benzene rings is 2. The van der Waals surface area contributed by atoms with Gasteiger partial charge in [0.15, 0.2) is 18.1 Å². The molecule has 29 heavy (non-hydrogen) atoms. The Morgan fingerprint density at radius 2 is 2.10 bits per heavy atom. The van der Waals surface area contributed by atoms with E-state index in [-0.39, 0.29) is 12.5 Å². The Morgan fingerprint density at radius 3 is 2.83 bits per heavy atom. The van der Waals surface area contributed by atoms with Crippen LogP contribution in [0.25, 0.3) is 0 Å². The molecule has 0 saturated heterocycles. The van der Waals surface area contributed by atoms with Crippen LogP contribution >= 0.6 is 11.3 Å². The van der Waals surface area contributed by atoms with Gasteiger partial charge in [-0.3, -0.25) is 10.2 Å². The topological polar surface area (TPSA) is 111 Å². The highest BCUT2D eigenvalue weighted by Gasteiger charge is 2.09. The fraction of sp³-hybridized carbons (Fsp3) is 0.150. The number of carbonyl (C=O) groups excluding carboxylic acids is 1. The number of nitrogens with zero attached hydrogens (tertiary/aromatic N) is 2. The molecular formula is C20H21N5O3S. The molecular weight excluding hydrogens is 390 g/mol. The van der Waals surface area contributed by atoms with Crippen molar-refractivity contribution in [1.29, 1.82) is 0 Å². The average Bonchev–Trinajstić information content (AvgIpc) is 3.13. The number of nitrogens with one attached hydrogen (secondary N) is 2. The largest absolute Gasteiger partial charge is 0.493 e. The second-order valence-corrected chi connectivity index (χ2v) is 6.87. The van der Waals surface area contributed by atoms with Gasteiger partial charge in [-0.2, -0.15) is 5.10 Å². The zero-order valence-corrected chi connectivity index (χ0v) is 16.8. The Hall–Kier alpha value is -3.59. The molecule has 1 aromatic heterocycles. The number of carbonyl (C=O) groups is 1. The number of hydrogen-bond acceptors (Lipinski definition) is 8. The number of ether oxygens (including phenoxy) is 2. The number of aryl methyl sites for hydroxylation is 1. The van der Waals surface area contributed by atoms with Crippen molar-refractivity contribution in [2.45, 2.75) is 6.92 Å². The maximum atomic E-state index is 12.2. The maximum absolute atomic E-state index is 12.2. The number of rotatable bonds is 8. The van der Waals surface area contributed by atoms with Gasteiger partial charge in [-0.15, -0.1) is 11.3 Å². The van der Waals surface area contributed by atoms with E-state index in [1.807, 2.05) is 31.2 Å². The molecule has 4 N–H and O–H groups in total. The monoisotopic (exact) mass is 411 g/mol. The van der Waals surface area contributed by atoms with E-state index in [4.69, 9.17) is 15.2 Å². The number of hydrogen-bond donors (Lipinski definition) is 3. The van der Waals surface area contributed by atoms with Crippen molar-refractivity contribution in [3.63, 3.8) is 0 Å². The van der Waals surface area contributed by atoms with E-state index in [1.165, 1.54) is 18.4 Å². The number of amides is 1. The molecule has 0 unspecified atom stereocenters. The van der Waals surface area contributed by atoms with Gasteiger partial charge in [-0.05, 0) is 42.3 Å². The lowest BCUT2D eigenvalue weighted by Gasteiger charge is -2.12. The van der Waals surface area contributed by atoms with Crippen molar-refractivity contribution in [3.8, 4) is 11.5 Å². The molecule has 0 spiro atoms. The van der Waals surface area contributed by atoms with Gasteiger partial charge in [0.2, 0.25) is 5.13 Å². The molecule has 0 bridgehead atoms. The molecule has 2 aromatic carbocycles. The van der Waals surface area contributed by atoms with Crippen molar-refractivity contribution in [2.24, 2.45) is 5.10 Å². The van der Waals surface area contributed by atoms with Crippen molar-refractivity contribution in [1.82, 2.24) is 4.98 Å². The Morgan fingerprint density at radius 1 is 1.28 bits per heavy atom. The van der Waals surface area contributed by atoms with E-state index in [2.05, 4.69) is 20.8 Å². The van der Waals surface area contributed by atoms with Crippen LogP contribution in [0.15, 0.2) is 52.9 Å². The fourth-order valence-electron chi connectivity index (χ4n) is 2.43. The highest BCUT2D eigenvalue weighted by atomic mass is 32.1. The third kappa shape index (κ3) is 5.69. The summed E-state index contributed by atoms with van der Waals surface area (Å²) >= 11 is 1.36. The normalized spacial score (nSPS) is 10.7. The van der Waals surface area contributed by atoms with Crippen molar-refractivity contribution < 1.29 is 14.3 Å². The Bertz CT molecular complexity index is 1020. The third-order valence-electron chi connectivity index (χ3n) is 3.86. The lowest BCUT2D eigenvalue weighted by molar-refractivity contribution is -0.118. The van der Waals surface area contributed by atoms with Crippen LogP contribution in [-0.4, -0.2) is 30.8 Å². The second kappa shape index (κ2) is 9.56. The van der Waals surface area contributed by atoms with Gasteiger partial charge in [0, 0.05) is 11.1 Å². The van der Waals surface area contributed by atoms with E-state index < -0.39 is 0 Å². The summed E-state index contributed by atoms with van der Waals surface area (Å²) in [5.41, 5.74) is 10.9. The number of nitrogen functional groups attached to an aromatic ring is 1. The van der Waals surface area contributed by atoms with Crippen molar-refractivity contribution in [2.75, 3.05) is 30.2 Å². The first-order chi connectivity index (χ1) is 14.0. The fourth-order valence-corrected chi connectivity index (χ4v) is 2.97. The molecule has 0 atom stereocenters. The quantitative estimate of drug-likeness (QED) is 0.386. The smallest absolute Gasteiger partial charge is 0.262 e. The molecule has 8 nitrogen and oxygen atoms in total. The van der Waals surface area contributed by atoms with Crippen molar-refractivity contribution in [3.05, 3.63) is 59.0 Å². The first-order valence-electron chi connectivity index (χ1n) is 8.71. The zero-order chi connectivity index (χ0) is 20.6. The summed E-state index contributed by atoms with van der Waals surface area (Å²) in [5, 5.41) is 9.27. The van der Waals surface area contributed by atoms with Gasteiger partial charge in [-0.1, -0.05) is 18.2 Å². The molecule has 9 heteroatoms. The number of thiazole rings is 1. The SMILES string of the molecule is COc1cc(C=NNc2nc(N)cs2)ccc1OCC(=O)Nc1ccccc1C. The molecule has 0 aliphatic heterocycles. The highest BCUT2D eigenvalue weighted by molar-refractivity contribution is 7.14. The van der Waals surface area contributed by atoms with E-state index >= 15 is 0 Å². The van der Waals surface area contributed by atoms with Crippen LogP contribution < -0.4 is 25.9 Å². The van der Waals surface area contributed by atoms with E-state index in [0.29, 0.717) is 22.4 Å². The zero-order valence-electron chi connectivity index (χ0n) is 16.0. The molecule has 3 rings (SSSR count). The van der Waals surface area contributed by atoms with Crippen LogP contribution in [0.4, 0.5) is 16.6 Å². The number of aromatic nitrogens is 1. The highest BCUT2D eigenvalue weighted by Crippen LogP contribution is 2.27. The van der Waals surface area contributed by atoms with Gasteiger partial charge < -0.3 is 20.5 Å². The molecule has 0 saturated carbocycles. The summed E-state index contributed by atoms with van der Waals surface area (Å²) in [6.45, 7) is 1.79. The standard InChI is InChI=1S/C20H21N5O3S/c1-13-5-3-4-6-15(13)23-19(26)11-28-16-8-7-14(9-17(16)27-2)10-22-25-20-24-18(21)12-29-20/h3-10,12H,11,21H2,1-2H3,(H,23,26)(H,24,25). The summed E-state index contributed by atoms with van der Waals surface area (Å²) in [4.78, 5) is 16.2. The number of para-hydroxylation sites is 1. The minimum Gasteiger partial charge on any atom is -0.493 e. The first-order valence-corrected chi connectivity index (χ1v) is 9.59. The predicted molar refractivity (Wildman–Crippen MR) is 116 cm³/mol. The molecule has 0 aliphatic carbocycles. The molecule has 0 radical (unpaired) electrons. The molecule has 0 aliphatic rings. The molecule has 0 fully saturated rings. The molecule has 1 amide bonds. The predicted octanol–water partition coefficient (Wildman–Crippen LogP) is 3.51. The lowest BCUT2D eigenvalue weighted by Crippen LogP contribution is -2.20. The van der Waals surface area contributed by atoms with E-state index in [1.54, 1.807) is 29.8 Å². The van der Waals surface area contributed by atoms with Gasteiger partial charge >= 0.3 is 0 Å². The van der Waals surface area contributed by atoms with Crippen LogP contribution in [0.3, 0.4) is 0 Å². The number of methoxy groups -OCH3 is 1. The minimum absolute atomic E-state index is 0.134. The summed E-state index contributed by atoms with van der Waals surface area (Å²) in [6.07, 6.45) is 1.62. The Balaban J connectivity index is 1.58. The van der Waals surface area contributed by atoms with Crippen LogP contribution in [0.1, 0.15) is 11.1 Å². The summed E-state index contributed by atoms with van der Waals surface area (Å²) in [7, 11) is 1.53. The number of anilines is 3. The van der Waals surface area contributed by atoms with E-state index in [0.717, 1.165) is 16.8 Å². The Labute approximate surface area is 172 Å². The van der Waals surface area contributed by atoms with Crippen LogP contribution in [0.2, 0.25) is 0 Å². The molecule has 3 aromatic rings. The maximum Gasteiger partial charge on any atom is 0.262 e. The van der Waals surface area contributed by atoms with Gasteiger partial charge in [0.05, 0.1) is 13.3 Å². The molecule has 1 heterocycles. The van der Waals surface area contributed by atoms with Crippen LogP contribution in [0, 0.1) is 6.92 Å². The van der Waals surface area contributed by atoms with Gasteiger partial charge in [-0.25, -0.2) is 4.98 Å². The second-order valence-electron chi connectivity index (χ2n) is 6.01. The van der Waals surface area contributed by atoms with E-state index in [9.17, 15) is 4.79 Å². The number of hydrazone groups is 1. The van der Waals surface area contributed by atoms with Crippen LogP contribution in [0.5, 0.6) is 11.5 Å². The first kappa shape index (κ1) is 20.2. The minimum atomic E-state index is -0.251. The summed E-state index contributed by atoms with van der Waals surface area (Å²) in [5.74, 6) is 1.16. The molecule has 150 valence electrons. The number of nitrogens with two attached hydrogens (primary N) is 1. The summed E-state index contributed by atoms with van der Waals surface area (Å²) < 4.78 is 11.0. The third-order valence-corrected chi connectivity index (χ3v) is 4.63. The van der Waals surface area contributed by atoms with Crippen LogP contribution in [-0.2, 0) is 4.79 Å².